The average molecular weight is 469 g/mol. The Kier molecular flexibility index (Phi) is 5.22. The monoisotopic (exact) mass is 468 g/mol. The van der Waals surface area contributed by atoms with Gasteiger partial charge in [-0.3, -0.25) is 8.61 Å². The second-order valence-electron chi connectivity index (χ2n) is 8.07. The van der Waals surface area contributed by atoms with E-state index in [9.17, 15) is 16.8 Å². The molecule has 0 bridgehead atoms. The molecule has 3 aromatic carbocycles. The Labute approximate surface area is 189 Å². The van der Waals surface area contributed by atoms with E-state index >= 15 is 0 Å². The molecule has 6 nitrogen and oxygen atoms in total. The zero-order chi connectivity index (χ0) is 22.3. The summed E-state index contributed by atoms with van der Waals surface area (Å²) in [6.45, 7) is 0.639. The molecule has 0 atom stereocenters. The van der Waals surface area contributed by atoms with Crippen LogP contribution in [0.3, 0.4) is 0 Å². The minimum Gasteiger partial charge on any atom is -0.266 e. The Morgan fingerprint density at radius 2 is 0.906 bits per heavy atom. The van der Waals surface area contributed by atoms with Crippen molar-refractivity contribution in [1.29, 1.82) is 0 Å². The van der Waals surface area contributed by atoms with Gasteiger partial charge < -0.3 is 0 Å². The summed E-state index contributed by atoms with van der Waals surface area (Å²) in [5, 5.41) is 0. The van der Waals surface area contributed by atoms with Crippen molar-refractivity contribution in [2.24, 2.45) is 0 Å². The molecule has 0 radical (unpaired) electrons. The highest BCUT2D eigenvalue weighted by Crippen LogP contribution is 2.37. The molecule has 0 aromatic heterocycles. The summed E-state index contributed by atoms with van der Waals surface area (Å²) in [6, 6.07) is 20.7. The minimum atomic E-state index is -4.08. The zero-order valence-electron chi connectivity index (χ0n) is 17.5. The van der Waals surface area contributed by atoms with Gasteiger partial charge in [-0.25, -0.2) is 16.8 Å². The average Bonchev–Trinajstić information content (AvgIpc) is 2.83. The lowest BCUT2D eigenvalue weighted by Crippen LogP contribution is -2.39. The standard InChI is InChI=1S/C24H24N2O4S2/c27-31(28,25-17-7-11-19-9-1-3-13-21(19)25)23-15-5-6-16-24(23)32(29,30)26-18-8-12-20-10-2-4-14-22(20)26/h1-6,9-10,13-16H,7-8,11-12,17-18H2. The molecule has 0 aliphatic carbocycles. The van der Waals surface area contributed by atoms with Crippen molar-refractivity contribution in [3.8, 4) is 0 Å². The number of rotatable bonds is 4. The molecule has 0 saturated heterocycles. The number of para-hydroxylation sites is 2. The van der Waals surface area contributed by atoms with E-state index in [0.717, 1.165) is 24.0 Å². The number of anilines is 2. The van der Waals surface area contributed by atoms with E-state index in [2.05, 4.69) is 0 Å². The molecule has 8 heteroatoms. The van der Waals surface area contributed by atoms with Gasteiger partial charge in [0.25, 0.3) is 20.0 Å². The predicted octanol–water partition coefficient (Wildman–Crippen LogP) is 3.97. The van der Waals surface area contributed by atoms with E-state index in [1.165, 1.54) is 20.7 Å². The lowest BCUT2D eigenvalue weighted by atomic mass is 10.0. The fourth-order valence-corrected chi connectivity index (χ4v) is 8.48. The fraction of sp³-hybridized carbons (Fsp3) is 0.250. The molecular weight excluding hydrogens is 444 g/mol. The number of hydrogen-bond donors (Lipinski definition) is 0. The van der Waals surface area contributed by atoms with Gasteiger partial charge in [-0.15, -0.1) is 0 Å². The highest BCUT2D eigenvalue weighted by atomic mass is 32.2. The Bertz CT molecular complexity index is 1280. The van der Waals surface area contributed by atoms with Crippen LogP contribution in [0.4, 0.5) is 11.4 Å². The van der Waals surface area contributed by atoms with Crippen molar-refractivity contribution < 1.29 is 16.8 Å². The topological polar surface area (TPSA) is 74.8 Å². The summed E-state index contributed by atoms with van der Waals surface area (Å²) < 4.78 is 57.9. The van der Waals surface area contributed by atoms with E-state index in [-0.39, 0.29) is 9.79 Å². The number of sulfonamides is 2. The summed E-state index contributed by atoms with van der Waals surface area (Å²) in [7, 11) is -8.16. The first-order valence-corrected chi connectivity index (χ1v) is 13.6. The van der Waals surface area contributed by atoms with Crippen molar-refractivity contribution >= 4 is 31.4 Å². The van der Waals surface area contributed by atoms with Crippen LogP contribution in [-0.4, -0.2) is 29.9 Å². The number of aryl methyl sites for hydroxylation is 2. The van der Waals surface area contributed by atoms with Gasteiger partial charge in [0.2, 0.25) is 0 Å². The molecule has 2 aliphatic rings. The third-order valence-electron chi connectivity index (χ3n) is 6.12. The van der Waals surface area contributed by atoms with E-state index in [1.54, 1.807) is 36.4 Å². The third kappa shape index (κ3) is 3.38. The predicted molar refractivity (Wildman–Crippen MR) is 125 cm³/mol. The van der Waals surface area contributed by atoms with Gasteiger partial charge in [0.1, 0.15) is 9.79 Å². The van der Waals surface area contributed by atoms with Crippen molar-refractivity contribution in [3.63, 3.8) is 0 Å². The zero-order valence-corrected chi connectivity index (χ0v) is 19.1. The Morgan fingerprint density at radius 1 is 0.531 bits per heavy atom. The van der Waals surface area contributed by atoms with Crippen LogP contribution in [0.1, 0.15) is 24.0 Å². The van der Waals surface area contributed by atoms with Crippen LogP contribution in [0.5, 0.6) is 0 Å². The summed E-state index contributed by atoms with van der Waals surface area (Å²) >= 11 is 0. The van der Waals surface area contributed by atoms with Crippen molar-refractivity contribution in [2.75, 3.05) is 21.7 Å². The fourth-order valence-electron chi connectivity index (χ4n) is 4.61. The molecule has 0 amide bonds. The van der Waals surface area contributed by atoms with Crippen LogP contribution in [0.2, 0.25) is 0 Å². The summed E-state index contributed by atoms with van der Waals surface area (Å²) in [5.41, 5.74) is 3.14. The Morgan fingerprint density at radius 3 is 1.34 bits per heavy atom. The SMILES string of the molecule is O=S(=O)(c1ccccc1S(=O)(=O)N1CCCc2ccccc21)N1CCCc2ccccc21. The molecule has 5 rings (SSSR count). The van der Waals surface area contributed by atoms with Gasteiger partial charge in [-0.2, -0.15) is 0 Å². The molecule has 3 aromatic rings. The molecule has 0 fully saturated rings. The quantitative estimate of drug-likeness (QED) is 0.581. The molecule has 2 heterocycles. The Balaban J connectivity index is 1.63. The Hall–Kier alpha value is -2.84. The number of benzene rings is 3. The maximum atomic E-state index is 13.8. The molecule has 2 aliphatic heterocycles. The molecule has 166 valence electrons. The first-order valence-electron chi connectivity index (χ1n) is 10.7. The highest BCUT2D eigenvalue weighted by molar-refractivity contribution is 7.96. The lowest BCUT2D eigenvalue weighted by molar-refractivity contribution is 0.573. The van der Waals surface area contributed by atoms with E-state index in [4.69, 9.17) is 0 Å². The van der Waals surface area contributed by atoms with Crippen LogP contribution in [-0.2, 0) is 32.9 Å². The largest absolute Gasteiger partial charge is 0.266 e. The molecule has 0 spiro atoms. The smallest absolute Gasteiger partial charge is 0.265 e. The summed E-state index contributed by atoms with van der Waals surface area (Å²) in [4.78, 5) is -0.362. The first kappa shape index (κ1) is 21.0. The number of nitrogens with zero attached hydrogens (tertiary/aromatic N) is 2. The molecular formula is C24H24N2O4S2. The summed E-state index contributed by atoms with van der Waals surface area (Å²) in [5.74, 6) is 0. The van der Waals surface area contributed by atoms with Gasteiger partial charge >= 0.3 is 0 Å². The van der Waals surface area contributed by atoms with Gasteiger partial charge in [0, 0.05) is 13.1 Å². The third-order valence-corrected chi connectivity index (χ3v) is 9.99. The van der Waals surface area contributed by atoms with Gasteiger partial charge in [0.05, 0.1) is 11.4 Å². The number of fused-ring (bicyclic) bond motifs is 2. The normalized spacial score (nSPS) is 16.4. The van der Waals surface area contributed by atoms with Crippen LogP contribution < -0.4 is 8.61 Å². The molecule has 0 N–H and O–H groups in total. The van der Waals surface area contributed by atoms with Crippen LogP contribution in [0, 0.1) is 0 Å². The molecule has 0 unspecified atom stereocenters. The van der Waals surface area contributed by atoms with Crippen molar-refractivity contribution in [2.45, 2.75) is 35.5 Å². The van der Waals surface area contributed by atoms with Crippen LogP contribution in [0.15, 0.2) is 82.6 Å². The number of hydrogen-bond acceptors (Lipinski definition) is 4. The van der Waals surface area contributed by atoms with Gasteiger partial charge in [-0.1, -0.05) is 48.5 Å². The van der Waals surface area contributed by atoms with Crippen LogP contribution in [0.25, 0.3) is 0 Å². The molecule has 0 saturated carbocycles. The van der Waals surface area contributed by atoms with Crippen molar-refractivity contribution in [1.82, 2.24) is 0 Å². The van der Waals surface area contributed by atoms with E-state index < -0.39 is 20.0 Å². The minimum absolute atomic E-state index is 0.181. The van der Waals surface area contributed by atoms with Crippen LogP contribution >= 0.6 is 0 Å². The maximum Gasteiger partial charge on any atom is 0.265 e. The maximum absolute atomic E-state index is 13.8. The molecule has 32 heavy (non-hydrogen) atoms. The second-order valence-corrected chi connectivity index (χ2v) is 11.7. The second kappa shape index (κ2) is 7.94. The first-order chi connectivity index (χ1) is 15.4. The van der Waals surface area contributed by atoms with Gasteiger partial charge in [0.15, 0.2) is 0 Å². The van der Waals surface area contributed by atoms with E-state index in [1.807, 2.05) is 24.3 Å². The summed E-state index contributed by atoms with van der Waals surface area (Å²) in [6.07, 6.45) is 2.97. The van der Waals surface area contributed by atoms with Gasteiger partial charge in [-0.05, 0) is 61.1 Å². The highest BCUT2D eigenvalue weighted by Gasteiger charge is 2.37. The van der Waals surface area contributed by atoms with E-state index in [0.29, 0.717) is 37.3 Å². The lowest BCUT2D eigenvalue weighted by Gasteiger charge is -2.33. The van der Waals surface area contributed by atoms with Crippen molar-refractivity contribution in [3.05, 3.63) is 83.9 Å².